The Balaban J connectivity index is 3.61. The second kappa shape index (κ2) is 7.39. The summed E-state index contributed by atoms with van der Waals surface area (Å²) in [7, 11) is 1.52. The van der Waals surface area contributed by atoms with Crippen LogP contribution >= 0.6 is 12.6 Å². The van der Waals surface area contributed by atoms with Gasteiger partial charge in [-0.3, -0.25) is 4.79 Å². The van der Waals surface area contributed by atoms with Crippen molar-refractivity contribution in [1.29, 1.82) is 0 Å². The van der Waals surface area contributed by atoms with E-state index in [1.165, 1.54) is 7.11 Å². The van der Waals surface area contributed by atoms with Crippen LogP contribution in [-0.4, -0.2) is 43.1 Å². The van der Waals surface area contributed by atoms with Crippen LogP contribution in [0.15, 0.2) is 0 Å². The van der Waals surface area contributed by atoms with E-state index in [9.17, 15) is 4.79 Å². The third-order valence-electron chi connectivity index (χ3n) is 1.29. The van der Waals surface area contributed by atoms with Crippen molar-refractivity contribution >= 4 is 18.5 Å². The molecule has 0 radical (unpaired) electrons. The quantitative estimate of drug-likeness (QED) is 0.495. The first-order valence-electron chi connectivity index (χ1n) is 3.74. The van der Waals surface area contributed by atoms with Gasteiger partial charge < -0.3 is 15.2 Å². The number of thiol groups is 1. The van der Waals surface area contributed by atoms with E-state index in [1.807, 2.05) is 0 Å². The summed E-state index contributed by atoms with van der Waals surface area (Å²) in [5.74, 6) is 0.401. The van der Waals surface area contributed by atoms with Gasteiger partial charge in [0, 0.05) is 13.5 Å². The highest BCUT2D eigenvalue weighted by Crippen LogP contribution is 1.88. The van der Waals surface area contributed by atoms with Crippen molar-refractivity contribution in [1.82, 2.24) is 5.32 Å². The molecule has 0 saturated carbocycles. The molecule has 0 spiro atoms. The van der Waals surface area contributed by atoms with Crippen LogP contribution in [-0.2, 0) is 9.53 Å². The van der Waals surface area contributed by atoms with Crippen LogP contribution in [0.1, 0.15) is 6.42 Å². The highest BCUT2D eigenvalue weighted by atomic mass is 32.1. The molecule has 0 aromatic heterocycles. The third-order valence-corrected chi connectivity index (χ3v) is 1.52. The lowest BCUT2D eigenvalue weighted by Crippen LogP contribution is -2.40. The molecule has 0 aliphatic rings. The zero-order chi connectivity index (χ0) is 9.40. The van der Waals surface area contributed by atoms with Gasteiger partial charge in [-0.05, 0) is 5.75 Å². The normalized spacial score (nSPS) is 12.6. The number of aliphatic hydroxyl groups is 1. The fourth-order valence-electron chi connectivity index (χ4n) is 0.743. The topological polar surface area (TPSA) is 58.6 Å². The van der Waals surface area contributed by atoms with Crippen LogP contribution in [0.25, 0.3) is 0 Å². The molecule has 0 bridgehead atoms. The number of hydrogen-bond acceptors (Lipinski definition) is 4. The third kappa shape index (κ3) is 5.40. The van der Waals surface area contributed by atoms with Gasteiger partial charge in [0.05, 0.1) is 19.3 Å². The van der Waals surface area contributed by atoms with Gasteiger partial charge in [0.1, 0.15) is 0 Å². The molecule has 0 rings (SSSR count). The van der Waals surface area contributed by atoms with E-state index < -0.39 is 0 Å². The number of amides is 1. The maximum atomic E-state index is 11.0. The van der Waals surface area contributed by atoms with Crippen LogP contribution in [0, 0.1) is 0 Å². The molecule has 0 aromatic rings. The fraction of sp³-hybridized carbons (Fsp3) is 0.857. The Bertz CT molecular complexity index is 132. The first-order chi connectivity index (χ1) is 5.74. The summed E-state index contributed by atoms with van der Waals surface area (Å²) in [6.07, 6.45) is 0.364. The summed E-state index contributed by atoms with van der Waals surface area (Å²) < 4.78 is 4.78. The number of carbonyl (C=O) groups excluding carboxylic acids is 1. The zero-order valence-electron chi connectivity index (χ0n) is 7.12. The minimum atomic E-state index is -0.303. The average Bonchev–Trinajstić information content (AvgIpc) is 2.04. The molecule has 72 valence electrons. The number of carbonyl (C=O) groups is 1. The molecule has 0 fully saturated rings. The summed E-state index contributed by atoms with van der Waals surface area (Å²) in [5, 5.41) is 11.4. The van der Waals surface area contributed by atoms with Gasteiger partial charge in [0.2, 0.25) is 5.91 Å². The Kier molecular flexibility index (Phi) is 7.23. The van der Waals surface area contributed by atoms with Gasteiger partial charge in [-0.2, -0.15) is 12.6 Å². The Morgan fingerprint density at radius 2 is 2.42 bits per heavy atom. The Morgan fingerprint density at radius 1 is 1.75 bits per heavy atom. The molecule has 0 heterocycles. The monoisotopic (exact) mass is 193 g/mol. The molecular formula is C7H15NO3S. The van der Waals surface area contributed by atoms with Crippen LogP contribution in [0.2, 0.25) is 0 Å². The molecule has 0 aliphatic heterocycles. The summed E-state index contributed by atoms with van der Waals surface area (Å²) in [4.78, 5) is 11.0. The molecule has 1 amide bonds. The summed E-state index contributed by atoms with van der Waals surface area (Å²) >= 11 is 3.91. The first-order valence-corrected chi connectivity index (χ1v) is 4.37. The van der Waals surface area contributed by atoms with Gasteiger partial charge in [0.15, 0.2) is 0 Å². The van der Waals surface area contributed by atoms with E-state index in [1.54, 1.807) is 0 Å². The van der Waals surface area contributed by atoms with Gasteiger partial charge in [-0.15, -0.1) is 0 Å². The molecule has 0 saturated heterocycles. The van der Waals surface area contributed by atoms with E-state index in [0.717, 1.165) is 0 Å². The second-order valence-electron chi connectivity index (χ2n) is 2.38. The summed E-state index contributed by atoms with van der Waals surface area (Å²) in [6, 6.07) is -0.303. The molecule has 2 N–H and O–H groups in total. The molecule has 0 aromatic carbocycles. The van der Waals surface area contributed by atoms with E-state index >= 15 is 0 Å². The number of ether oxygens (including phenoxy) is 1. The maximum Gasteiger partial charge on any atom is 0.221 e. The van der Waals surface area contributed by atoms with Crippen LogP contribution < -0.4 is 5.32 Å². The van der Waals surface area contributed by atoms with Crippen molar-refractivity contribution in [3.05, 3.63) is 0 Å². The number of rotatable bonds is 6. The number of nitrogens with one attached hydrogen (secondary N) is 1. The lowest BCUT2D eigenvalue weighted by Gasteiger charge is -2.14. The molecular weight excluding hydrogens is 178 g/mol. The molecule has 12 heavy (non-hydrogen) atoms. The van der Waals surface area contributed by atoms with E-state index in [2.05, 4.69) is 17.9 Å². The standard InChI is InChI=1S/C7H15NO3S/c1-11-5-6(4-9)8-7(10)2-3-12/h6,9,12H,2-5H2,1H3,(H,8,10). The molecule has 5 heteroatoms. The van der Waals surface area contributed by atoms with Gasteiger partial charge in [0.25, 0.3) is 0 Å². The lowest BCUT2D eigenvalue weighted by molar-refractivity contribution is -0.122. The number of hydrogen-bond donors (Lipinski definition) is 3. The van der Waals surface area contributed by atoms with Gasteiger partial charge >= 0.3 is 0 Å². The predicted molar refractivity (Wildman–Crippen MR) is 49.4 cm³/mol. The van der Waals surface area contributed by atoms with Crippen molar-refractivity contribution in [3.8, 4) is 0 Å². The Morgan fingerprint density at radius 3 is 2.83 bits per heavy atom. The minimum Gasteiger partial charge on any atom is -0.394 e. The van der Waals surface area contributed by atoms with E-state index in [4.69, 9.17) is 9.84 Å². The smallest absolute Gasteiger partial charge is 0.221 e. The van der Waals surface area contributed by atoms with Crippen molar-refractivity contribution in [3.63, 3.8) is 0 Å². The SMILES string of the molecule is COCC(CO)NC(=O)CCS. The minimum absolute atomic E-state index is 0.105. The Hall–Kier alpha value is -0.260. The second-order valence-corrected chi connectivity index (χ2v) is 2.82. The Labute approximate surface area is 77.7 Å². The zero-order valence-corrected chi connectivity index (χ0v) is 8.01. The summed E-state index contributed by atoms with van der Waals surface area (Å²) in [6.45, 7) is 0.223. The highest BCUT2D eigenvalue weighted by molar-refractivity contribution is 7.80. The molecule has 0 aliphatic carbocycles. The van der Waals surface area contributed by atoms with Crippen molar-refractivity contribution < 1.29 is 14.6 Å². The molecule has 1 atom stereocenters. The predicted octanol–water partition coefficient (Wildman–Crippen LogP) is -0.570. The largest absolute Gasteiger partial charge is 0.394 e. The number of aliphatic hydroxyl groups excluding tert-OH is 1. The van der Waals surface area contributed by atoms with E-state index in [-0.39, 0.29) is 18.6 Å². The first kappa shape index (κ1) is 11.7. The summed E-state index contributed by atoms with van der Waals surface area (Å²) in [5.41, 5.74) is 0. The molecule has 1 unspecified atom stereocenters. The van der Waals surface area contributed by atoms with Gasteiger partial charge in [-0.1, -0.05) is 0 Å². The van der Waals surface area contributed by atoms with E-state index in [0.29, 0.717) is 18.8 Å². The van der Waals surface area contributed by atoms with Crippen molar-refractivity contribution in [2.24, 2.45) is 0 Å². The molecule has 4 nitrogen and oxygen atoms in total. The van der Waals surface area contributed by atoms with Crippen LogP contribution in [0.5, 0.6) is 0 Å². The highest BCUT2D eigenvalue weighted by Gasteiger charge is 2.09. The number of methoxy groups -OCH3 is 1. The van der Waals surface area contributed by atoms with Crippen molar-refractivity contribution in [2.75, 3.05) is 26.1 Å². The average molecular weight is 193 g/mol. The van der Waals surface area contributed by atoms with Crippen molar-refractivity contribution in [2.45, 2.75) is 12.5 Å². The van der Waals surface area contributed by atoms with Crippen LogP contribution in [0.3, 0.4) is 0 Å². The van der Waals surface area contributed by atoms with Crippen LogP contribution in [0.4, 0.5) is 0 Å². The van der Waals surface area contributed by atoms with Gasteiger partial charge in [-0.25, -0.2) is 0 Å². The maximum absolute atomic E-state index is 11.0. The lowest BCUT2D eigenvalue weighted by atomic mass is 10.3. The fourth-order valence-corrected chi connectivity index (χ4v) is 0.946.